The molecule has 0 aromatic carbocycles. The summed E-state index contributed by atoms with van der Waals surface area (Å²) in [5.41, 5.74) is 0. The van der Waals surface area contributed by atoms with Crippen molar-refractivity contribution in [2.45, 2.75) is 65.6 Å². The number of rotatable bonds is 7. The number of aromatic nitrogens is 3. The summed E-state index contributed by atoms with van der Waals surface area (Å²) >= 11 is 0. The van der Waals surface area contributed by atoms with Gasteiger partial charge in [-0.1, -0.05) is 26.7 Å². The summed E-state index contributed by atoms with van der Waals surface area (Å²) in [6.07, 6.45) is 7.15. The molecule has 1 fully saturated rings. The van der Waals surface area contributed by atoms with E-state index in [4.69, 9.17) is 0 Å². The lowest BCUT2D eigenvalue weighted by Crippen LogP contribution is -2.49. The lowest BCUT2D eigenvalue weighted by molar-refractivity contribution is 0.161. The molecule has 2 heterocycles. The van der Waals surface area contributed by atoms with Gasteiger partial charge in [-0.25, -0.2) is 0 Å². The Labute approximate surface area is 152 Å². The van der Waals surface area contributed by atoms with Gasteiger partial charge < -0.3 is 15.2 Å². The standard InChI is InChI=1S/C18H35N7/c1-5-24-14-22-23-17(24)13-21-18(19-4)20-12-16(15(2)3)25-10-8-6-7-9-11-25/h14-16H,5-13H2,1-4H3,(H2,19,20,21). The van der Waals surface area contributed by atoms with Gasteiger partial charge in [0, 0.05) is 26.2 Å². The number of aryl methyl sites for hydroxylation is 1. The molecule has 25 heavy (non-hydrogen) atoms. The summed E-state index contributed by atoms with van der Waals surface area (Å²) in [6, 6.07) is 0.538. The van der Waals surface area contributed by atoms with E-state index in [-0.39, 0.29) is 0 Å². The number of hydrogen-bond acceptors (Lipinski definition) is 4. The van der Waals surface area contributed by atoms with E-state index in [0.717, 1.165) is 24.9 Å². The third kappa shape index (κ3) is 5.99. The zero-order valence-electron chi connectivity index (χ0n) is 16.3. The van der Waals surface area contributed by atoms with Crippen molar-refractivity contribution in [3.05, 3.63) is 12.2 Å². The number of aliphatic imine (C=N–C) groups is 1. The lowest BCUT2D eigenvalue weighted by Gasteiger charge is -2.34. The van der Waals surface area contributed by atoms with Crippen LogP contribution >= 0.6 is 0 Å². The molecule has 1 aliphatic heterocycles. The summed E-state index contributed by atoms with van der Waals surface area (Å²) in [4.78, 5) is 7.01. The van der Waals surface area contributed by atoms with Crippen molar-refractivity contribution < 1.29 is 0 Å². The van der Waals surface area contributed by atoms with E-state index in [0.29, 0.717) is 18.5 Å². The summed E-state index contributed by atoms with van der Waals surface area (Å²) in [5.74, 6) is 2.37. The first-order valence-corrected chi connectivity index (χ1v) is 9.71. The molecule has 0 aliphatic carbocycles. The maximum Gasteiger partial charge on any atom is 0.191 e. The fourth-order valence-corrected chi connectivity index (χ4v) is 3.48. The van der Waals surface area contributed by atoms with E-state index in [1.165, 1.54) is 38.8 Å². The average molecular weight is 350 g/mol. The van der Waals surface area contributed by atoms with Crippen LogP contribution in [0.1, 0.15) is 52.3 Å². The molecule has 1 atom stereocenters. The number of guanidine groups is 1. The first-order valence-electron chi connectivity index (χ1n) is 9.71. The Balaban J connectivity index is 1.86. The minimum Gasteiger partial charge on any atom is -0.355 e. The highest BCUT2D eigenvalue weighted by molar-refractivity contribution is 5.79. The van der Waals surface area contributed by atoms with Crippen LogP contribution < -0.4 is 10.6 Å². The number of nitrogens with zero attached hydrogens (tertiary/aromatic N) is 5. The van der Waals surface area contributed by atoms with Gasteiger partial charge in [0.2, 0.25) is 0 Å². The second-order valence-corrected chi connectivity index (χ2v) is 7.10. The van der Waals surface area contributed by atoms with Gasteiger partial charge in [-0.05, 0) is 38.8 Å². The summed E-state index contributed by atoms with van der Waals surface area (Å²) < 4.78 is 2.04. The molecular weight excluding hydrogens is 314 g/mol. The molecule has 1 unspecified atom stereocenters. The molecule has 7 heteroatoms. The Kier molecular flexibility index (Phi) is 8.18. The zero-order chi connectivity index (χ0) is 18.1. The van der Waals surface area contributed by atoms with E-state index in [2.05, 4.69) is 51.5 Å². The van der Waals surface area contributed by atoms with Crippen molar-refractivity contribution in [2.24, 2.45) is 10.9 Å². The molecule has 0 amide bonds. The van der Waals surface area contributed by atoms with Gasteiger partial charge >= 0.3 is 0 Å². The van der Waals surface area contributed by atoms with E-state index in [1.54, 1.807) is 6.33 Å². The number of nitrogens with one attached hydrogen (secondary N) is 2. The second kappa shape index (κ2) is 10.4. The molecule has 2 N–H and O–H groups in total. The van der Waals surface area contributed by atoms with Gasteiger partial charge in [-0.15, -0.1) is 10.2 Å². The lowest BCUT2D eigenvalue weighted by atomic mass is 10.0. The Morgan fingerprint density at radius 1 is 1.20 bits per heavy atom. The predicted octanol–water partition coefficient (Wildman–Crippen LogP) is 1.86. The molecule has 0 radical (unpaired) electrons. The minimum absolute atomic E-state index is 0.538. The molecule has 1 aliphatic rings. The van der Waals surface area contributed by atoms with Crippen LogP contribution in [0.2, 0.25) is 0 Å². The van der Waals surface area contributed by atoms with E-state index in [1.807, 2.05) is 11.6 Å². The third-order valence-corrected chi connectivity index (χ3v) is 5.03. The van der Waals surface area contributed by atoms with Gasteiger partial charge in [0.15, 0.2) is 11.8 Å². The van der Waals surface area contributed by atoms with Crippen molar-refractivity contribution in [1.82, 2.24) is 30.3 Å². The molecule has 7 nitrogen and oxygen atoms in total. The summed E-state index contributed by atoms with van der Waals surface area (Å²) in [5, 5.41) is 15.0. The zero-order valence-corrected chi connectivity index (χ0v) is 16.3. The Morgan fingerprint density at radius 2 is 1.92 bits per heavy atom. The van der Waals surface area contributed by atoms with Gasteiger partial charge in [0.1, 0.15) is 6.33 Å². The predicted molar refractivity (Wildman–Crippen MR) is 103 cm³/mol. The van der Waals surface area contributed by atoms with Crippen molar-refractivity contribution in [2.75, 3.05) is 26.7 Å². The maximum absolute atomic E-state index is 4.36. The van der Waals surface area contributed by atoms with Crippen molar-refractivity contribution in [3.63, 3.8) is 0 Å². The third-order valence-electron chi connectivity index (χ3n) is 5.03. The molecule has 1 saturated heterocycles. The highest BCUT2D eigenvalue weighted by Gasteiger charge is 2.22. The molecular formula is C18H35N7. The Morgan fingerprint density at radius 3 is 2.52 bits per heavy atom. The van der Waals surface area contributed by atoms with Crippen LogP contribution in [0.3, 0.4) is 0 Å². The topological polar surface area (TPSA) is 70.4 Å². The molecule has 0 saturated carbocycles. The smallest absolute Gasteiger partial charge is 0.191 e. The van der Waals surface area contributed by atoms with Crippen molar-refractivity contribution in [3.8, 4) is 0 Å². The first kappa shape index (κ1) is 19.7. The van der Waals surface area contributed by atoms with Crippen LogP contribution in [0, 0.1) is 5.92 Å². The molecule has 1 aromatic rings. The Bertz CT molecular complexity index is 515. The van der Waals surface area contributed by atoms with Crippen LogP contribution in [0.15, 0.2) is 11.3 Å². The highest BCUT2D eigenvalue weighted by Crippen LogP contribution is 2.17. The largest absolute Gasteiger partial charge is 0.355 e. The van der Waals surface area contributed by atoms with Crippen LogP contribution in [0.5, 0.6) is 0 Å². The molecule has 0 spiro atoms. The van der Waals surface area contributed by atoms with Gasteiger partial charge in [0.25, 0.3) is 0 Å². The van der Waals surface area contributed by atoms with E-state index < -0.39 is 0 Å². The first-order chi connectivity index (χ1) is 12.2. The fraction of sp³-hybridized carbons (Fsp3) is 0.833. The highest BCUT2D eigenvalue weighted by atomic mass is 15.3. The van der Waals surface area contributed by atoms with Crippen molar-refractivity contribution >= 4 is 5.96 Å². The van der Waals surface area contributed by atoms with Crippen LogP contribution in [-0.2, 0) is 13.1 Å². The summed E-state index contributed by atoms with van der Waals surface area (Å²) in [6.45, 7) is 11.6. The molecule has 142 valence electrons. The van der Waals surface area contributed by atoms with Gasteiger partial charge in [0.05, 0.1) is 6.54 Å². The quantitative estimate of drug-likeness (QED) is 0.581. The average Bonchev–Trinajstić information content (AvgIpc) is 2.90. The molecule has 0 bridgehead atoms. The normalized spacial score (nSPS) is 18.2. The van der Waals surface area contributed by atoms with Crippen LogP contribution in [0.25, 0.3) is 0 Å². The van der Waals surface area contributed by atoms with Gasteiger partial charge in [-0.2, -0.15) is 0 Å². The van der Waals surface area contributed by atoms with Crippen molar-refractivity contribution in [1.29, 1.82) is 0 Å². The van der Waals surface area contributed by atoms with Crippen LogP contribution in [-0.4, -0.2) is 58.3 Å². The van der Waals surface area contributed by atoms with E-state index in [9.17, 15) is 0 Å². The van der Waals surface area contributed by atoms with E-state index >= 15 is 0 Å². The van der Waals surface area contributed by atoms with Gasteiger partial charge in [-0.3, -0.25) is 9.89 Å². The van der Waals surface area contributed by atoms with Crippen LogP contribution in [0.4, 0.5) is 0 Å². The fourth-order valence-electron chi connectivity index (χ4n) is 3.48. The SMILES string of the molecule is CCn1cnnc1CNC(=NC)NCC(C(C)C)N1CCCCCC1. The molecule has 2 rings (SSSR count). The minimum atomic E-state index is 0.538. The Hall–Kier alpha value is -1.63. The summed E-state index contributed by atoms with van der Waals surface area (Å²) in [7, 11) is 1.82. The number of hydrogen-bond donors (Lipinski definition) is 2. The molecule has 1 aromatic heterocycles. The number of likely N-dealkylation sites (tertiary alicyclic amines) is 1. The second-order valence-electron chi connectivity index (χ2n) is 7.10. The monoisotopic (exact) mass is 349 g/mol. The maximum atomic E-state index is 4.36.